The number of H-pyrrole nitrogens is 1. The van der Waals surface area contributed by atoms with Crippen molar-refractivity contribution in [2.45, 2.75) is 0 Å². The second kappa shape index (κ2) is 4.44. The van der Waals surface area contributed by atoms with Gasteiger partial charge in [0.2, 0.25) is 0 Å². The zero-order chi connectivity index (χ0) is 15.1. The normalized spacial score (nSPS) is 10.9. The SMILES string of the molecule is Cn1ccc(-n2c(=O)c(=O)[nH]c3cccc(C(=O)O)c32)n1. The number of nitrogens with one attached hydrogen (secondary N) is 1. The van der Waals surface area contributed by atoms with Crippen molar-refractivity contribution in [2.75, 3.05) is 0 Å². The Morgan fingerprint density at radius 1 is 1.29 bits per heavy atom. The molecule has 0 atom stereocenters. The summed E-state index contributed by atoms with van der Waals surface area (Å²) in [5.74, 6) is -1.01. The van der Waals surface area contributed by atoms with Crippen LogP contribution in [0.4, 0.5) is 0 Å². The molecule has 0 aliphatic heterocycles. The summed E-state index contributed by atoms with van der Waals surface area (Å²) in [6.45, 7) is 0. The maximum absolute atomic E-state index is 12.1. The van der Waals surface area contributed by atoms with E-state index in [4.69, 9.17) is 0 Å². The molecule has 0 bridgehead atoms. The first-order valence-corrected chi connectivity index (χ1v) is 6.00. The van der Waals surface area contributed by atoms with Gasteiger partial charge in [0.1, 0.15) is 0 Å². The number of benzene rings is 1. The highest BCUT2D eigenvalue weighted by atomic mass is 16.4. The van der Waals surface area contributed by atoms with Crippen LogP contribution in [-0.2, 0) is 7.05 Å². The van der Waals surface area contributed by atoms with Crippen molar-refractivity contribution < 1.29 is 9.90 Å². The van der Waals surface area contributed by atoms with Gasteiger partial charge >= 0.3 is 17.1 Å². The Labute approximate surface area is 116 Å². The van der Waals surface area contributed by atoms with Crippen LogP contribution in [0.2, 0.25) is 0 Å². The second-order valence-electron chi connectivity index (χ2n) is 4.45. The van der Waals surface area contributed by atoms with Crippen molar-refractivity contribution >= 4 is 17.0 Å². The first-order chi connectivity index (χ1) is 9.99. The highest BCUT2D eigenvalue weighted by molar-refractivity contribution is 6.01. The van der Waals surface area contributed by atoms with Gasteiger partial charge in [-0.15, -0.1) is 0 Å². The summed E-state index contributed by atoms with van der Waals surface area (Å²) in [5, 5.41) is 13.4. The third-order valence-electron chi connectivity index (χ3n) is 3.06. The summed E-state index contributed by atoms with van der Waals surface area (Å²) in [4.78, 5) is 37.6. The van der Waals surface area contributed by atoms with E-state index >= 15 is 0 Å². The van der Waals surface area contributed by atoms with Crippen LogP contribution < -0.4 is 11.1 Å². The van der Waals surface area contributed by atoms with Crippen LogP contribution in [0.5, 0.6) is 0 Å². The molecule has 0 aliphatic carbocycles. The number of carboxylic acid groups (broad SMARTS) is 1. The molecule has 0 aliphatic rings. The number of aromatic nitrogens is 4. The Balaban J connectivity index is 2.57. The van der Waals surface area contributed by atoms with Crippen LogP contribution in [0.3, 0.4) is 0 Å². The lowest BCUT2D eigenvalue weighted by Gasteiger charge is -2.09. The Morgan fingerprint density at radius 2 is 2.05 bits per heavy atom. The lowest BCUT2D eigenvalue weighted by atomic mass is 10.1. The zero-order valence-electron chi connectivity index (χ0n) is 10.9. The molecule has 8 heteroatoms. The number of carboxylic acids is 1. The fourth-order valence-corrected chi connectivity index (χ4v) is 2.18. The molecule has 3 aromatic rings. The van der Waals surface area contributed by atoms with Crippen LogP contribution in [0.15, 0.2) is 40.1 Å². The highest BCUT2D eigenvalue weighted by Crippen LogP contribution is 2.17. The van der Waals surface area contributed by atoms with Gasteiger partial charge in [-0.3, -0.25) is 18.8 Å². The average Bonchev–Trinajstić information content (AvgIpc) is 2.85. The van der Waals surface area contributed by atoms with Gasteiger partial charge in [0, 0.05) is 19.3 Å². The zero-order valence-corrected chi connectivity index (χ0v) is 10.9. The Kier molecular flexibility index (Phi) is 2.72. The maximum Gasteiger partial charge on any atom is 0.337 e. The van der Waals surface area contributed by atoms with Gasteiger partial charge in [-0.1, -0.05) is 6.07 Å². The number of aromatic amines is 1. The highest BCUT2D eigenvalue weighted by Gasteiger charge is 2.17. The molecule has 2 N–H and O–H groups in total. The summed E-state index contributed by atoms with van der Waals surface area (Å²) in [6.07, 6.45) is 1.60. The number of para-hydroxylation sites is 1. The topological polar surface area (TPSA) is 110 Å². The smallest absolute Gasteiger partial charge is 0.337 e. The summed E-state index contributed by atoms with van der Waals surface area (Å²) < 4.78 is 2.47. The predicted molar refractivity (Wildman–Crippen MR) is 73.9 cm³/mol. The molecule has 2 heterocycles. The van der Waals surface area contributed by atoms with Gasteiger partial charge in [0.25, 0.3) is 0 Å². The molecule has 21 heavy (non-hydrogen) atoms. The number of aryl methyl sites for hydroxylation is 1. The van der Waals surface area contributed by atoms with Crippen LogP contribution in [0.25, 0.3) is 16.9 Å². The van der Waals surface area contributed by atoms with E-state index in [9.17, 15) is 19.5 Å². The summed E-state index contributed by atoms with van der Waals surface area (Å²) in [5.41, 5.74) is -1.45. The quantitative estimate of drug-likeness (QED) is 0.650. The Hall–Kier alpha value is -3.16. The van der Waals surface area contributed by atoms with E-state index in [2.05, 4.69) is 10.1 Å². The summed E-state index contributed by atoms with van der Waals surface area (Å²) in [6, 6.07) is 5.91. The van der Waals surface area contributed by atoms with Gasteiger partial charge in [-0.05, 0) is 12.1 Å². The first-order valence-electron chi connectivity index (χ1n) is 6.00. The molecule has 0 spiro atoms. The lowest BCUT2D eigenvalue weighted by Crippen LogP contribution is -2.36. The van der Waals surface area contributed by atoms with Gasteiger partial charge < -0.3 is 10.1 Å². The first kappa shape index (κ1) is 12.9. The van der Waals surface area contributed by atoms with Gasteiger partial charge in [0.15, 0.2) is 5.82 Å². The molecular weight excluding hydrogens is 276 g/mol. The molecule has 106 valence electrons. The van der Waals surface area contributed by atoms with E-state index < -0.39 is 17.1 Å². The molecule has 3 rings (SSSR count). The largest absolute Gasteiger partial charge is 0.478 e. The molecule has 0 saturated heterocycles. The van der Waals surface area contributed by atoms with E-state index in [1.54, 1.807) is 13.2 Å². The van der Waals surface area contributed by atoms with Crippen LogP contribution in [0, 0.1) is 0 Å². The number of aromatic carboxylic acids is 1. The van der Waals surface area contributed by atoms with E-state index in [-0.39, 0.29) is 22.4 Å². The monoisotopic (exact) mass is 286 g/mol. The number of carbonyl (C=O) groups is 1. The molecule has 0 amide bonds. The third-order valence-corrected chi connectivity index (χ3v) is 3.06. The molecule has 0 saturated carbocycles. The summed E-state index contributed by atoms with van der Waals surface area (Å²) in [7, 11) is 1.65. The van der Waals surface area contributed by atoms with E-state index in [1.807, 2.05) is 0 Å². The third kappa shape index (κ3) is 1.93. The lowest BCUT2D eigenvalue weighted by molar-refractivity contribution is 0.0698. The average molecular weight is 286 g/mol. The second-order valence-corrected chi connectivity index (χ2v) is 4.45. The number of hydrogen-bond acceptors (Lipinski definition) is 4. The minimum Gasteiger partial charge on any atom is -0.478 e. The summed E-state index contributed by atoms with van der Waals surface area (Å²) >= 11 is 0. The molecule has 1 aromatic carbocycles. The molecule has 2 aromatic heterocycles. The maximum atomic E-state index is 12.1. The van der Waals surface area contributed by atoms with E-state index in [0.717, 1.165) is 4.57 Å². The number of rotatable bonds is 2. The number of fused-ring (bicyclic) bond motifs is 1. The fraction of sp³-hybridized carbons (Fsp3) is 0.0769. The van der Waals surface area contributed by atoms with Crippen molar-refractivity contribution in [3.8, 4) is 5.82 Å². The van der Waals surface area contributed by atoms with Crippen molar-refractivity contribution in [1.29, 1.82) is 0 Å². The molecule has 0 fully saturated rings. The Bertz CT molecular complexity index is 980. The molecule has 8 nitrogen and oxygen atoms in total. The van der Waals surface area contributed by atoms with Crippen LogP contribution in [0.1, 0.15) is 10.4 Å². The molecule has 0 radical (unpaired) electrons. The van der Waals surface area contributed by atoms with Gasteiger partial charge in [-0.2, -0.15) is 5.10 Å². The predicted octanol–water partition coefficient (Wildman–Crippen LogP) is 0.111. The minimum atomic E-state index is -1.20. The van der Waals surface area contributed by atoms with E-state index in [1.165, 1.54) is 28.9 Å². The van der Waals surface area contributed by atoms with Crippen LogP contribution >= 0.6 is 0 Å². The standard InChI is InChI=1S/C13H10N4O4/c1-16-6-5-9(15-16)17-10-7(13(20)21)3-2-4-8(10)14-11(18)12(17)19/h2-6H,1H3,(H,14,18)(H,20,21). The van der Waals surface area contributed by atoms with Crippen molar-refractivity contribution in [1.82, 2.24) is 19.3 Å². The van der Waals surface area contributed by atoms with Gasteiger partial charge in [0.05, 0.1) is 16.6 Å². The van der Waals surface area contributed by atoms with Crippen LogP contribution in [-0.4, -0.2) is 30.4 Å². The Morgan fingerprint density at radius 3 is 2.67 bits per heavy atom. The number of hydrogen-bond donors (Lipinski definition) is 2. The van der Waals surface area contributed by atoms with Crippen molar-refractivity contribution in [3.63, 3.8) is 0 Å². The number of nitrogens with zero attached hydrogens (tertiary/aromatic N) is 3. The van der Waals surface area contributed by atoms with Crippen molar-refractivity contribution in [3.05, 3.63) is 56.7 Å². The fourth-order valence-electron chi connectivity index (χ4n) is 2.18. The van der Waals surface area contributed by atoms with Crippen molar-refractivity contribution in [2.24, 2.45) is 7.05 Å². The molecule has 0 unspecified atom stereocenters. The van der Waals surface area contributed by atoms with Gasteiger partial charge in [-0.25, -0.2) is 4.79 Å². The molecular formula is C13H10N4O4. The minimum absolute atomic E-state index is 0.0912. The van der Waals surface area contributed by atoms with E-state index in [0.29, 0.717) is 0 Å².